The molecule has 3 heterocycles. The standard InChI is InChI=1S/C18H26FN5O6P/c1-3-6-28-17(26)11(2)23-31(27)29-9-18(8-19)7-14(25)15(30-18)12-4-5-13-16(20)21-10-22-24(12)13/h4-5,10-11,14-15,25H,3,6-9H2,1-2H3,(H,23,27)(H2,20,21,22)/q+1/t11-,14+,15-,18+/m0/s1. The van der Waals surface area contributed by atoms with Crippen molar-refractivity contribution in [1.82, 2.24) is 19.7 Å². The number of hydrogen-bond acceptors (Lipinski definition) is 9. The Morgan fingerprint density at radius 3 is 3.06 bits per heavy atom. The smallest absolute Gasteiger partial charge is 0.464 e. The van der Waals surface area contributed by atoms with Gasteiger partial charge in [0.2, 0.25) is 0 Å². The van der Waals surface area contributed by atoms with E-state index in [-0.39, 0.29) is 18.8 Å². The number of aliphatic hydroxyl groups is 1. The molecule has 5 atom stereocenters. The number of carbonyl (C=O) groups is 1. The Morgan fingerprint density at radius 2 is 2.35 bits per heavy atom. The van der Waals surface area contributed by atoms with Crippen LogP contribution in [-0.2, 0) is 23.4 Å². The quantitative estimate of drug-likeness (QED) is 0.352. The molecule has 11 nitrogen and oxygen atoms in total. The normalized spacial score (nSPS) is 25.0. The minimum atomic E-state index is -2.50. The van der Waals surface area contributed by atoms with Crippen LogP contribution in [0.3, 0.4) is 0 Å². The molecule has 0 spiro atoms. The summed E-state index contributed by atoms with van der Waals surface area (Å²) >= 11 is 0. The van der Waals surface area contributed by atoms with E-state index in [0.29, 0.717) is 17.6 Å². The number of hydrogen-bond donors (Lipinski definition) is 3. The molecule has 0 amide bonds. The summed E-state index contributed by atoms with van der Waals surface area (Å²) in [4.78, 5) is 15.7. The van der Waals surface area contributed by atoms with Crippen molar-refractivity contribution in [3.63, 3.8) is 0 Å². The van der Waals surface area contributed by atoms with E-state index in [0.717, 1.165) is 0 Å². The minimum Gasteiger partial charge on any atom is -0.464 e. The number of aromatic nitrogens is 3. The third-order valence-corrected chi connectivity index (χ3v) is 5.86. The van der Waals surface area contributed by atoms with Crippen LogP contribution < -0.4 is 10.8 Å². The number of carbonyl (C=O) groups excluding carboxylic acids is 1. The molecule has 2 aromatic rings. The number of nitrogen functional groups attached to an aromatic ring is 1. The molecule has 1 saturated heterocycles. The van der Waals surface area contributed by atoms with Gasteiger partial charge in [0.05, 0.1) is 18.4 Å². The van der Waals surface area contributed by atoms with Crippen molar-refractivity contribution < 1.29 is 32.9 Å². The Kier molecular flexibility index (Phi) is 7.50. The maximum Gasteiger partial charge on any atom is 0.613 e. The van der Waals surface area contributed by atoms with Crippen molar-refractivity contribution in [2.75, 3.05) is 25.6 Å². The van der Waals surface area contributed by atoms with Crippen LogP contribution in [-0.4, -0.2) is 63.3 Å². The summed E-state index contributed by atoms with van der Waals surface area (Å²) in [5.41, 5.74) is 5.32. The highest BCUT2D eigenvalue weighted by atomic mass is 31.1. The summed E-state index contributed by atoms with van der Waals surface area (Å²) in [6, 6.07) is 2.47. The monoisotopic (exact) mass is 458 g/mol. The summed E-state index contributed by atoms with van der Waals surface area (Å²) in [6.45, 7) is 2.23. The second-order valence-corrected chi connectivity index (χ2v) is 8.41. The lowest BCUT2D eigenvalue weighted by Crippen LogP contribution is -2.37. The van der Waals surface area contributed by atoms with Gasteiger partial charge in [-0.3, -0.25) is 4.79 Å². The first-order chi connectivity index (χ1) is 14.8. The van der Waals surface area contributed by atoms with E-state index in [9.17, 15) is 18.9 Å². The predicted molar refractivity (Wildman–Crippen MR) is 108 cm³/mol. The number of halogens is 1. The molecule has 0 aliphatic carbocycles. The zero-order valence-corrected chi connectivity index (χ0v) is 18.1. The van der Waals surface area contributed by atoms with E-state index in [2.05, 4.69) is 15.2 Å². The zero-order valence-electron chi connectivity index (χ0n) is 17.2. The lowest BCUT2D eigenvalue weighted by atomic mass is 10.00. The highest BCUT2D eigenvalue weighted by Crippen LogP contribution is 2.42. The zero-order chi connectivity index (χ0) is 22.6. The first-order valence-corrected chi connectivity index (χ1v) is 11.0. The van der Waals surface area contributed by atoms with Crippen LogP contribution in [0.4, 0.5) is 10.2 Å². The Labute approximate surface area is 179 Å². The summed E-state index contributed by atoms with van der Waals surface area (Å²) < 4.78 is 43.6. The summed E-state index contributed by atoms with van der Waals surface area (Å²) in [6.07, 6.45) is -0.107. The van der Waals surface area contributed by atoms with Gasteiger partial charge < -0.3 is 20.3 Å². The molecular formula is C18H26FN5O6P+. The number of esters is 1. The fourth-order valence-electron chi connectivity index (χ4n) is 3.30. The van der Waals surface area contributed by atoms with Crippen molar-refractivity contribution >= 4 is 25.5 Å². The molecule has 0 aromatic carbocycles. The average Bonchev–Trinajstić information content (AvgIpc) is 3.32. The van der Waals surface area contributed by atoms with Gasteiger partial charge in [-0.05, 0) is 30.0 Å². The van der Waals surface area contributed by atoms with Crippen LogP contribution in [0.1, 0.15) is 38.5 Å². The number of aliphatic hydroxyl groups excluding tert-OH is 1. The molecule has 1 aliphatic rings. The lowest BCUT2D eigenvalue weighted by Gasteiger charge is -2.23. The van der Waals surface area contributed by atoms with E-state index < -0.39 is 51.3 Å². The molecule has 4 N–H and O–H groups in total. The maximum absolute atomic E-state index is 13.9. The third-order valence-electron chi connectivity index (χ3n) is 4.90. The molecule has 3 rings (SSSR count). The fourth-order valence-corrected chi connectivity index (χ4v) is 4.15. The van der Waals surface area contributed by atoms with E-state index in [4.69, 9.17) is 19.7 Å². The molecule has 0 radical (unpaired) electrons. The van der Waals surface area contributed by atoms with Crippen molar-refractivity contribution in [2.24, 2.45) is 0 Å². The van der Waals surface area contributed by atoms with Gasteiger partial charge in [0.15, 0.2) is 5.82 Å². The Morgan fingerprint density at radius 1 is 1.58 bits per heavy atom. The number of anilines is 1. The molecule has 1 unspecified atom stereocenters. The minimum absolute atomic E-state index is 0.0841. The molecule has 0 saturated carbocycles. The highest BCUT2D eigenvalue weighted by Gasteiger charge is 2.50. The number of nitrogens with zero attached hydrogens (tertiary/aromatic N) is 3. The van der Waals surface area contributed by atoms with Crippen LogP contribution in [0.2, 0.25) is 0 Å². The Bertz CT molecular complexity index is 945. The molecule has 2 aromatic heterocycles. The van der Waals surface area contributed by atoms with Crippen molar-refractivity contribution in [1.29, 1.82) is 0 Å². The second kappa shape index (κ2) is 9.92. The van der Waals surface area contributed by atoms with Gasteiger partial charge in [0, 0.05) is 6.42 Å². The van der Waals surface area contributed by atoms with E-state index in [1.165, 1.54) is 17.8 Å². The van der Waals surface area contributed by atoms with Crippen LogP contribution in [0.15, 0.2) is 18.5 Å². The lowest BCUT2D eigenvalue weighted by molar-refractivity contribution is -0.145. The SMILES string of the molecule is CCCOC(=O)[C@H](C)N[P+](=O)OC[C@]1(CF)C[C@@H](O)[C@H](c2ccc3c(N)ncnn23)O1. The number of fused-ring (bicyclic) bond motifs is 1. The third kappa shape index (κ3) is 5.16. The topological polar surface area (TPSA) is 150 Å². The van der Waals surface area contributed by atoms with Crippen molar-refractivity contribution in [2.45, 2.75) is 50.5 Å². The van der Waals surface area contributed by atoms with E-state index >= 15 is 0 Å². The molecule has 1 fully saturated rings. The molecule has 170 valence electrons. The second-order valence-electron chi connectivity index (χ2n) is 7.38. The summed E-state index contributed by atoms with van der Waals surface area (Å²) in [5, 5.41) is 17.1. The number of rotatable bonds is 10. The van der Waals surface area contributed by atoms with Gasteiger partial charge >= 0.3 is 14.1 Å². The molecular weight excluding hydrogens is 432 g/mol. The van der Waals surface area contributed by atoms with Crippen molar-refractivity contribution in [3.8, 4) is 0 Å². The molecule has 1 aliphatic heterocycles. The van der Waals surface area contributed by atoms with Gasteiger partial charge in [-0.25, -0.2) is 13.9 Å². The van der Waals surface area contributed by atoms with Crippen LogP contribution in [0.5, 0.6) is 0 Å². The largest absolute Gasteiger partial charge is 0.613 e. The first kappa shape index (κ1) is 23.4. The van der Waals surface area contributed by atoms with Gasteiger partial charge in [0.1, 0.15) is 42.9 Å². The first-order valence-electron chi connectivity index (χ1n) is 9.83. The number of alkyl halides is 1. The Balaban J connectivity index is 1.64. The van der Waals surface area contributed by atoms with E-state index in [1.807, 2.05) is 6.92 Å². The average molecular weight is 458 g/mol. The van der Waals surface area contributed by atoms with Gasteiger partial charge in [0.25, 0.3) is 0 Å². The van der Waals surface area contributed by atoms with Gasteiger partial charge in [-0.1, -0.05) is 12.0 Å². The highest BCUT2D eigenvalue weighted by molar-refractivity contribution is 7.36. The van der Waals surface area contributed by atoms with Gasteiger partial charge in [-0.15, -0.1) is 4.52 Å². The van der Waals surface area contributed by atoms with E-state index in [1.54, 1.807) is 12.1 Å². The Hall–Kier alpha value is -2.24. The fraction of sp³-hybridized carbons (Fsp3) is 0.611. The molecule has 0 bridgehead atoms. The molecule has 13 heteroatoms. The number of nitrogens with one attached hydrogen (secondary N) is 1. The number of nitrogens with two attached hydrogens (primary N) is 1. The predicted octanol–water partition coefficient (Wildman–Crippen LogP) is 1.45. The van der Waals surface area contributed by atoms with Crippen LogP contribution in [0, 0.1) is 0 Å². The van der Waals surface area contributed by atoms with Crippen LogP contribution >= 0.6 is 8.18 Å². The maximum atomic E-state index is 13.9. The number of ether oxygens (including phenoxy) is 2. The molecule has 31 heavy (non-hydrogen) atoms. The summed E-state index contributed by atoms with van der Waals surface area (Å²) in [5.74, 6) is -0.313. The van der Waals surface area contributed by atoms with Crippen LogP contribution in [0.25, 0.3) is 5.52 Å². The van der Waals surface area contributed by atoms with Crippen molar-refractivity contribution in [3.05, 3.63) is 24.2 Å². The van der Waals surface area contributed by atoms with Gasteiger partial charge in [-0.2, -0.15) is 5.10 Å². The summed E-state index contributed by atoms with van der Waals surface area (Å²) in [7, 11) is -2.50.